The van der Waals surface area contributed by atoms with E-state index >= 15 is 0 Å². The zero-order valence-electron chi connectivity index (χ0n) is 12.5. The van der Waals surface area contributed by atoms with Crippen LogP contribution in [-0.2, 0) is 14.4 Å². The van der Waals surface area contributed by atoms with E-state index in [1.165, 1.54) is 4.90 Å². The average Bonchev–Trinajstić information content (AvgIpc) is 3.22. The van der Waals surface area contributed by atoms with Crippen LogP contribution in [0.1, 0.15) is 12.8 Å². The minimum absolute atomic E-state index is 0.103. The first-order chi connectivity index (χ1) is 11.1. The van der Waals surface area contributed by atoms with E-state index in [0.29, 0.717) is 5.69 Å². The summed E-state index contributed by atoms with van der Waals surface area (Å²) in [4.78, 5) is 42.1. The maximum Gasteiger partial charge on any atom is 0.233 e. The number of hydrogen-bond donors (Lipinski definition) is 1. The minimum Gasteiger partial charge on any atom is -0.326 e. The number of carbonyl (C=O) groups is 3. The van der Waals surface area contributed by atoms with Crippen LogP contribution in [0.25, 0.3) is 0 Å². The van der Waals surface area contributed by atoms with Crippen LogP contribution in [0.4, 0.5) is 5.69 Å². The molecule has 0 spiro atoms. The van der Waals surface area contributed by atoms with Crippen LogP contribution in [0.2, 0.25) is 0 Å². The molecule has 4 atom stereocenters. The minimum atomic E-state index is -0.213. The molecule has 1 aromatic rings. The van der Waals surface area contributed by atoms with Crippen molar-refractivity contribution in [3.63, 3.8) is 0 Å². The van der Waals surface area contributed by atoms with Gasteiger partial charge in [0.25, 0.3) is 0 Å². The Kier molecular flexibility index (Phi) is 3.25. The molecule has 0 radical (unpaired) electrons. The van der Waals surface area contributed by atoms with Gasteiger partial charge in [0.1, 0.15) is 0 Å². The number of pyridine rings is 1. The molecular weight excluding hydrogens is 294 g/mol. The van der Waals surface area contributed by atoms with Gasteiger partial charge >= 0.3 is 0 Å². The Balaban J connectivity index is 1.38. The van der Waals surface area contributed by atoms with Crippen molar-refractivity contribution in [2.75, 3.05) is 11.9 Å². The maximum absolute atomic E-state index is 12.5. The number of likely N-dealkylation sites (tertiary alicyclic amines) is 1. The van der Waals surface area contributed by atoms with Crippen LogP contribution < -0.4 is 5.32 Å². The normalized spacial score (nSPS) is 30.9. The number of allylic oxidation sites excluding steroid dienone is 2. The molecule has 4 unspecified atom stereocenters. The highest BCUT2D eigenvalue weighted by molar-refractivity contribution is 6.06. The molecule has 1 aromatic heterocycles. The number of carbonyl (C=O) groups excluding carboxylic acids is 3. The number of nitrogens with zero attached hydrogens (tertiary/aromatic N) is 2. The van der Waals surface area contributed by atoms with Gasteiger partial charge in [-0.2, -0.15) is 0 Å². The summed E-state index contributed by atoms with van der Waals surface area (Å²) in [6.45, 7) is 0.154. The lowest BCUT2D eigenvalue weighted by Gasteiger charge is -2.16. The van der Waals surface area contributed by atoms with E-state index in [0.717, 1.165) is 6.42 Å². The highest BCUT2D eigenvalue weighted by Crippen LogP contribution is 2.52. The second-order valence-corrected chi connectivity index (χ2v) is 6.36. The molecule has 1 saturated heterocycles. The molecule has 6 nitrogen and oxygen atoms in total. The van der Waals surface area contributed by atoms with E-state index in [2.05, 4.69) is 22.5 Å². The fourth-order valence-electron chi connectivity index (χ4n) is 4.06. The first-order valence-electron chi connectivity index (χ1n) is 7.88. The van der Waals surface area contributed by atoms with Gasteiger partial charge in [0.05, 0.1) is 11.8 Å². The number of rotatable bonds is 4. The fraction of sp³-hybridized carbons (Fsp3) is 0.412. The van der Waals surface area contributed by atoms with Gasteiger partial charge in [0.2, 0.25) is 17.7 Å². The largest absolute Gasteiger partial charge is 0.326 e. The van der Waals surface area contributed by atoms with Crippen molar-refractivity contribution in [1.82, 2.24) is 9.88 Å². The first kappa shape index (κ1) is 14.1. The molecule has 2 aliphatic carbocycles. The lowest BCUT2D eigenvalue weighted by Crippen LogP contribution is -2.35. The lowest BCUT2D eigenvalue weighted by atomic mass is 9.85. The Morgan fingerprint density at radius 2 is 1.74 bits per heavy atom. The van der Waals surface area contributed by atoms with Crippen LogP contribution in [0.5, 0.6) is 0 Å². The summed E-state index contributed by atoms with van der Waals surface area (Å²) in [7, 11) is 0. The van der Waals surface area contributed by atoms with E-state index < -0.39 is 0 Å². The van der Waals surface area contributed by atoms with Crippen molar-refractivity contribution in [1.29, 1.82) is 0 Å². The van der Waals surface area contributed by atoms with Gasteiger partial charge in [-0.3, -0.25) is 24.3 Å². The highest BCUT2D eigenvalue weighted by Gasteiger charge is 2.58. The van der Waals surface area contributed by atoms with Gasteiger partial charge in [0, 0.05) is 31.0 Å². The molecule has 118 valence electrons. The summed E-state index contributed by atoms with van der Waals surface area (Å²) < 4.78 is 0. The van der Waals surface area contributed by atoms with E-state index in [-0.39, 0.29) is 54.4 Å². The summed E-state index contributed by atoms with van der Waals surface area (Å²) in [6.07, 6.45) is 8.35. The van der Waals surface area contributed by atoms with E-state index in [1.807, 2.05) is 0 Å². The molecule has 1 aliphatic heterocycles. The molecule has 2 heterocycles. The number of fused-ring (bicyclic) bond motifs is 5. The molecule has 0 aromatic carbocycles. The Hall–Kier alpha value is -2.50. The predicted molar refractivity (Wildman–Crippen MR) is 81.9 cm³/mol. The van der Waals surface area contributed by atoms with Gasteiger partial charge in [-0.15, -0.1) is 0 Å². The second kappa shape index (κ2) is 5.30. The van der Waals surface area contributed by atoms with Gasteiger partial charge < -0.3 is 5.32 Å². The van der Waals surface area contributed by atoms with Crippen molar-refractivity contribution < 1.29 is 14.4 Å². The zero-order valence-corrected chi connectivity index (χ0v) is 12.5. The monoisotopic (exact) mass is 311 g/mol. The molecule has 2 bridgehead atoms. The quantitative estimate of drug-likeness (QED) is 0.670. The Morgan fingerprint density at radius 3 is 2.35 bits per heavy atom. The lowest BCUT2D eigenvalue weighted by molar-refractivity contribution is -0.140. The van der Waals surface area contributed by atoms with Crippen molar-refractivity contribution in [3.05, 3.63) is 36.7 Å². The Bertz CT molecular complexity index is 670. The van der Waals surface area contributed by atoms with E-state index in [4.69, 9.17) is 0 Å². The number of anilines is 1. The number of imide groups is 1. The number of nitrogens with one attached hydrogen (secondary N) is 1. The standard InChI is InChI=1S/C17H17N3O3/c21-13(19-12-3-6-18-7-4-12)5-8-20-16(22)14-10-1-2-11(9-10)15(14)17(20)23/h1-4,6-7,10-11,14-15H,5,8-9H2,(H,18,19,21). The van der Waals surface area contributed by atoms with Gasteiger partial charge in [0.15, 0.2) is 0 Å². The third kappa shape index (κ3) is 2.25. The van der Waals surface area contributed by atoms with Crippen molar-refractivity contribution in [2.45, 2.75) is 12.8 Å². The molecule has 1 N–H and O–H groups in total. The summed E-state index contributed by atoms with van der Waals surface area (Å²) in [5.74, 6) is -0.396. The summed E-state index contributed by atoms with van der Waals surface area (Å²) in [6, 6.07) is 3.38. The predicted octanol–water partition coefficient (Wildman–Crippen LogP) is 1.22. The summed E-state index contributed by atoms with van der Waals surface area (Å²) in [5, 5.41) is 2.74. The molecule has 1 saturated carbocycles. The highest BCUT2D eigenvalue weighted by atomic mass is 16.2. The number of amides is 3. The third-order valence-corrected chi connectivity index (χ3v) is 5.09. The van der Waals surface area contributed by atoms with Crippen molar-refractivity contribution in [3.8, 4) is 0 Å². The van der Waals surface area contributed by atoms with Crippen LogP contribution in [-0.4, -0.2) is 34.2 Å². The van der Waals surface area contributed by atoms with Gasteiger partial charge in [-0.1, -0.05) is 12.2 Å². The van der Waals surface area contributed by atoms with Crippen molar-refractivity contribution in [2.24, 2.45) is 23.7 Å². The average molecular weight is 311 g/mol. The maximum atomic E-state index is 12.5. The molecule has 23 heavy (non-hydrogen) atoms. The van der Waals surface area contributed by atoms with Gasteiger partial charge in [-0.05, 0) is 30.4 Å². The van der Waals surface area contributed by atoms with E-state index in [1.54, 1.807) is 24.5 Å². The Morgan fingerprint density at radius 1 is 1.13 bits per heavy atom. The summed E-state index contributed by atoms with van der Waals surface area (Å²) >= 11 is 0. The van der Waals surface area contributed by atoms with Crippen LogP contribution in [0.15, 0.2) is 36.7 Å². The molecule has 6 heteroatoms. The molecule has 3 amide bonds. The van der Waals surface area contributed by atoms with Gasteiger partial charge in [-0.25, -0.2) is 0 Å². The molecule has 4 rings (SSSR count). The Labute approximate surface area is 133 Å². The number of aromatic nitrogens is 1. The van der Waals surface area contributed by atoms with E-state index in [9.17, 15) is 14.4 Å². The first-order valence-corrected chi connectivity index (χ1v) is 7.88. The molecule has 2 fully saturated rings. The summed E-state index contributed by atoms with van der Waals surface area (Å²) in [5.41, 5.74) is 0.656. The third-order valence-electron chi connectivity index (χ3n) is 5.09. The zero-order chi connectivity index (χ0) is 16.0. The van der Waals surface area contributed by atoms with Crippen LogP contribution in [0.3, 0.4) is 0 Å². The van der Waals surface area contributed by atoms with Crippen LogP contribution in [0, 0.1) is 23.7 Å². The fourth-order valence-corrected chi connectivity index (χ4v) is 4.06. The SMILES string of the molecule is O=C(CCN1C(=O)C2C3C=CC(C3)C2C1=O)Nc1ccncc1. The molecular formula is C17H17N3O3. The topological polar surface area (TPSA) is 79.4 Å². The van der Waals surface area contributed by atoms with Crippen molar-refractivity contribution >= 4 is 23.4 Å². The van der Waals surface area contributed by atoms with Crippen LogP contribution >= 0.6 is 0 Å². The second-order valence-electron chi connectivity index (χ2n) is 6.36. The number of hydrogen-bond acceptors (Lipinski definition) is 4. The smallest absolute Gasteiger partial charge is 0.233 e. The molecule has 3 aliphatic rings.